The molecule has 0 saturated carbocycles. The molecule has 0 radical (unpaired) electrons. The molecule has 180 valence electrons. The molecule has 8 heteroatoms. The van der Waals surface area contributed by atoms with Crippen molar-refractivity contribution in [1.29, 1.82) is 0 Å². The summed E-state index contributed by atoms with van der Waals surface area (Å²) in [5.41, 5.74) is 0. The smallest absolute Gasteiger partial charge is 0.330 e. The van der Waals surface area contributed by atoms with Gasteiger partial charge in [-0.3, -0.25) is 0 Å². The molecule has 0 aromatic heterocycles. The molecule has 31 heavy (non-hydrogen) atoms. The van der Waals surface area contributed by atoms with Crippen molar-refractivity contribution < 1.29 is 27.9 Å². The van der Waals surface area contributed by atoms with Crippen LogP contribution >= 0.6 is 0 Å². The molecule has 6 nitrogen and oxygen atoms in total. The Labute approximate surface area is 191 Å². The third-order valence-electron chi connectivity index (χ3n) is 6.13. The third kappa shape index (κ3) is 9.84. The quantitative estimate of drug-likeness (QED) is 0.234. The van der Waals surface area contributed by atoms with Crippen molar-refractivity contribution in [3.8, 4) is 0 Å². The SMILES string of the molecule is CCOC(=O)/C=C/[C@H](O[Si](C)(C)C(C)(C)C)[C@H](/C=C/C(=O)OC)O[Si](C)(C)C(C)(C)C. The average molecular weight is 473 g/mol. The fourth-order valence-corrected chi connectivity index (χ4v) is 4.56. The largest absolute Gasteiger partial charge is 0.466 e. The first-order valence-corrected chi connectivity index (χ1v) is 16.7. The molecule has 0 bridgehead atoms. The Balaban J connectivity index is 6.29. The highest BCUT2D eigenvalue weighted by atomic mass is 28.4. The number of rotatable bonds is 10. The molecular formula is C23H44O6Si2. The fraction of sp³-hybridized carbons (Fsp3) is 0.739. The van der Waals surface area contributed by atoms with Crippen LogP contribution in [0.2, 0.25) is 36.3 Å². The highest BCUT2D eigenvalue weighted by molar-refractivity contribution is 6.74. The Hall–Kier alpha value is -1.23. The van der Waals surface area contributed by atoms with Crippen LogP contribution in [0.25, 0.3) is 0 Å². The van der Waals surface area contributed by atoms with Crippen LogP contribution in [0.3, 0.4) is 0 Å². The zero-order valence-electron chi connectivity index (χ0n) is 21.6. The molecule has 0 aromatic rings. The predicted octanol–water partition coefficient (Wildman–Crippen LogP) is 5.62. The van der Waals surface area contributed by atoms with E-state index in [2.05, 4.69) is 67.7 Å². The summed E-state index contributed by atoms with van der Waals surface area (Å²) in [6.45, 7) is 23.5. The van der Waals surface area contributed by atoms with Gasteiger partial charge in [-0.2, -0.15) is 0 Å². The fourth-order valence-electron chi connectivity index (χ4n) is 2.07. The van der Waals surface area contributed by atoms with E-state index in [0.29, 0.717) is 6.61 Å². The van der Waals surface area contributed by atoms with Crippen molar-refractivity contribution in [2.75, 3.05) is 13.7 Å². The van der Waals surface area contributed by atoms with Crippen LogP contribution < -0.4 is 0 Å². The molecule has 0 amide bonds. The van der Waals surface area contributed by atoms with Crippen molar-refractivity contribution in [3.63, 3.8) is 0 Å². The molecule has 0 N–H and O–H groups in total. The lowest BCUT2D eigenvalue weighted by molar-refractivity contribution is -0.137. The van der Waals surface area contributed by atoms with Crippen LogP contribution in [0.5, 0.6) is 0 Å². The van der Waals surface area contributed by atoms with Crippen molar-refractivity contribution in [2.24, 2.45) is 0 Å². The number of carbonyl (C=O) groups excluding carboxylic acids is 2. The molecule has 0 aliphatic carbocycles. The molecule has 0 aliphatic rings. The second-order valence-electron chi connectivity index (χ2n) is 10.7. The summed E-state index contributed by atoms with van der Waals surface area (Å²) in [6.07, 6.45) is 5.00. The van der Waals surface area contributed by atoms with Crippen LogP contribution in [-0.4, -0.2) is 54.5 Å². The Morgan fingerprint density at radius 1 is 0.774 bits per heavy atom. The van der Waals surface area contributed by atoms with Crippen LogP contribution in [-0.2, 0) is 27.9 Å². The first-order valence-electron chi connectivity index (χ1n) is 10.8. The number of hydrogen-bond acceptors (Lipinski definition) is 6. The minimum absolute atomic E-state index is 0.0449. The van der Waals surface area contributed by atoms with Gasteiger partial charge in [0.05, 0.1) is 25.9 Å². The molecule has 2 atom stereocenters. The maximum atomic E-state index is 12.0. The van der Waals surface area contributed by atoms with E-state index in [0.717, 1.165) is 0 Å². The normalized spacial score (nSPS) is 15.9. The minimum atomic E-state index is -2.23. The Morgan fingerprint density at radius 2 is 1.13 bits per heavy atom. The molecule has 0 saturated heterocycles. The molecule has 0 rings (SSSR count). The second-order valence-corrected chi connectivity index (χ2v) is 20.2. The highest BCUT2D eigenvalue weighted by Gasteiger charge is 2.43. The Morgan fingerprint density at radius 3 is 1.42 bits per heavy atom. The summed E-state index contributed by atoms with van der Waals surface area (Å²) in [5, 5.41) is -0.0899. The number of carbonyl (C=O) groups is 2. The first-order chi connectivity index (χ1) is 13.9. The van der Waals surface area contributed by atoms with Gasteiger partial charge in [0.15, 0.2) is 16.6 Å². The van der Waals surface area contributed by atoms with Crippen LogP contribution in [0.4, 0.5) is 0 Å². The topological polar surface area (TPSA) is 71.1 Å². The maximum absolute atomic E-state index is 12.0. The number of esters is 2. The lowest BCUT2D eigenvalue weighted by Gasteiger charge is -2.43. The van der Waals surface area contributed by atoms with Gasteiger partial charge in [0.25, 0.3) is 0 Å². The lowest BCUT2D eigenvalue weighted by Crippen LogP contribution is -2.51. The summed E-state index contributed by atoms with van der Waals surface area (Å²) < 4.78 is 23.1. The zero-order chi connectivity index (χ0) is 24.7. The highest BCUT2D eigenvalue weighted by Crippen LogP contribution is 2.40. The lowest BCUT2D eigenvalue weighted by atomic mass is 10.2. The third-order valence-corrected chi connectivity index (χ3v) is 15.1. The van der Waals surface area contributed by atoms with E-state index in [1.807, 2.05) is 0 Å². The van der Waals surface area contributed by atoms with Crippen molar-refractivity contribution >= 4 is 28.6 Å². The molecule has 0 aliphatic heterocycles. The van der Waals surface area contributed by atoms with E-state index in [1.54, 1.807) is 19.1 Å². The molecule has 0 heterocycles. The van der Waals surface area contributed by atoms with Crippen LogP contribution in [0, 0.1) is 0 Å². The second kappa shape index (κ2) is 11.6. The van der Waals surface area contributed by atoms with E-state index >= 15 is 0 Å². The van der Waals surface area contributed by atoms with Gasteiger partial charge in [0.2, 0.25) is 0 Å². The summed E-state index contributed by atoms with van der Waals surface area (Å²) in [5.74, 6) is -0.904. The van der Waals surface area contributed by atoms with E-state index in [1.165, 1.54) is 19.3 Å². The van der Waals surface area contributed by atoms with E-state index in [-0.39, 0.29) is 10.1 Å². The number of methoxy groups -OCH3 is 1. The van der Waals surface area contributed by atoms with E-state index in [4.69, 9.17) is 18.3 Å². The van der Waals surface area contributed by atoms with Gasteiger partial charge in [-0.15, -0.1) is 0 Å². The van der Waals surface area contributed by atoms with Crippen molar-refractivity contribution in [2.45, 2.75) is 96.9 Å². The van der Waals surface area contributed by atoms with Gasteiger partial charge in [-0.25, -0.2) is 9.59 Å². The molecule has 0 spiro atoms. The average Bonchev–Trinajstić information content (AvgIpc) is 2.60. The van der Waals surface area contributed by atoms with Crippen LogP contribution in [0.1, 0.15) is 48.5 Å². The van der Waals surface area contributed by atoms with Crippen molar-refractivity contribution in [3.05, 3.63) is 24.3 Å². The van der Waals surface area contributed by atoms with Crippen LogP contribution in [0.15, 0.2) is 24.3 Å². The monoisotopic (exact) mass is 472 g/mol. The summed E-state index contributed by atoms with van der Waals surface area (Å²) in [4.78, 5) is 23.8. The van der Waals surface area contributed by atoms with Gasteiger partial charge in [0, 0.05) is 12.2 Å². The minimum Gasteiger partial charge on any atom is -0.466 e. The van der Waals surface area contributed by atoms with Gasteiger partial charge in [0.1, 0.15) is 0 Å². The van der Waals surface area contributed by atoms with Gasteiger partial charge >= 0.3 is 11.9 Å². The number of ether oxygens (including phenoxy) is 2. The first kappa shape index (κ1) is 29.8. The predicted molar refractivity (Wildman–Crippen MR) is 131 cm³/mol. The Bertz CT molecular complexity index is 654. The van der Waals surface area contributed by atoms with Crippen molar-refractivity contribution in [1.82, 2.24) is 0 Å². The number of hydrogen-bond donors (Lipinski definition) is 0. The molecule has 0 unspecified atom stereocenters. The van der Waals surface area contributed by atoms with E-state index in [9.17, 15) is 9.59 Å². The van der Waals surface area contributed by atoms with Gasteiger partial charge in [-0.1, -0.05) is 41.5 Å². The zero-order valence-corrected chi connectivity index (χ0v) is 23.6. The molecule has 0 fully saturated rings. The van der Waals surface area contributed by atoms with Gasteiger partial charge in [-0.05, 0) is 55.3 Å². The molecule has 0 aromatic carbocycles. The standard InChI is InChI=1S/C23H44O6Si2/c1-13-27-21(25)17-15-19(29-31(11,12)23(5,6)7)18(14-16-20(24)26-8)28-30(9,10)22(2,3)4/h14-19H,13H2,1-12H3/b16-14+,17-15+/t18-,19-/m0/s1. The molecular weight excluding hydrogens is 428 g/mol. The van der Waals surface area contributed by atoms with Gasteiger partial charge < -0.3 is 18.3 Å². The summed E-state index contributed by atoms with van der Waals surface area (Å²) in [7, 11) is -3.11. The maximum Gasteiger partial charge on any atom is 0.330 e. The summed E-state index contributed by atoms with van der Waals surface area (Å²) in [6, 6.07) is 0. The van der Waals surface area contributed by atoms with E-state index < -0.39 is 40.8 Å². The Kier molecular flexibility index (Phi) is 11.1. The summed E-state index contributed by atoms with van der Waals surface area (Å²) >= 11 is 0.